The molecule has 1 aliphatic rings. The summed E-state index contributed by atoms with van der Waals surface area (Å²) < 4.78 is 59.7. The third-order valence-corrected chi connectivity index (χ3v) is 1.93. The number of hydrogen-bond acceptors (Lipinski definition) is 1. The van der Waals surface area contributed by atoms with Crippen LogP contribution in [-0.4, -0.2) is 18.1 Å². The van der Waals surface area contributed by atoms with E-state index in [1.54, 1.807) is 0 Å². The molecule has 80 valence electrons. The van der Waals surface area contributed by atoms with Gasteiger partial charge in [0.25, 0.3) is 0 Å². The van der Waals surface area contributed by atoms with Crippen molar-refractivity contribution in [3.63, 3.8) is 0 Å². The van der Waals surface area contributed by atoms with E-state index >= 15 is 0 Å². The molecule has 1 saturated carbocycles. The Morgan fingerprint density at radius 1 is 1.08 bits per heavy atom. The molecule has 1 fully saturated rings. The van der Waals surface area contributed by atoms with Gasteiger partial charge in [0, 0.05) is 0 Å². The van der Waals surface area contributed by atoms with Gasteiger partial charge < -0.3 is 5.73 Å². The predicted octanol–water partition coefficient (Wildman–Crippen LogP) is 2.34. The molecule has 0 aromatic rings. The third-order valence-electron chi connectivity index (χ3n) is 1.93. The van der Waals surface area contributed by atoms with Crippen molar-refractivity contribution in [2.45, 2.75) is 31.0 Å². The Kier molecular flexibility index (Phi) is 3.54. The topological polar surface area (TPSA) is 26.0 Å². The zero-order chi connectivity index (χ0) is 9.57. The zero-order valence-electron chi connectivity index (χ0n) is 6.44. The van der Waals surface area contributed by atoms with Gasteiger partial charge in [-0.05, 0) is 18.8 Å². The van der Waals surface area contributed by atoms with Gasteiger partial charge in [-0.15, -0.1) is 12.4 Å². The van der Waals surface area contributed by atoms with E-state index in [2.05, 4.69) is 0 Å². The first kappa shape index (κ1) is 12.9. The fourth-order valence-electron chi connectivity index (χ4n) is 0.940. The molecular weight excluding hydrogens is 217 g/mol. The molecular formula is C6H9ClF5N. The van der Waals surface area contributed by atoms with Gasteiger partial charge in [0.2, 0.25) is 0 Å². The van der Waals surface area contributed by atoms with Gasteiger partial charge in [0.15, 0.2) is 0 Å². The summed E-state index contributed by atoms with van der Waals surface area (Å²) in [5, 5.41) is 0. The first-order chi connectivity index (χ1) is 5.27. The lowest BCUT2D eigenvalue weighted by Gasteiger charge is -2.25. The molecule has 0 amide bonds. The summed E-state index contributed by atoms with van der Waals surface area (Å²) in [5.74, 6) is -5.41. The fourth-order valence-corrected chi connectivity index (χ4v) is 0.940. The Balaban J connectivity index is 0.00000144. The number of rotatable bonds is 2. The normalized spacial score (nSPS) is 20.8. The van der Waals surface area contributed by atoms with Crippen LogP contribution < -0.4 is 5.73 Å². The van der Waals surface area contributed by atoms with Crippen molar-refractivity contribution in [2.75, 3.05) is 0 Å². The molecule has 0 unspecified atom stereocenters. The van der Waals surface area contributed by atoms with Crippen LogP contribution in [0.5, 0.6) is 0 Å². The van der Waals surface area contributed by atoms with Crippen molar-refractivity contribution < 1.29 is 22.0 Å². The fraction of sp³-hybridized carbons (Fsp3) is 1.00. The number of nitrogens with two attached hydrogens (primary N) is 1. The van der Waals surface area contributed by atoms with Crippen LogP contribution in [-0.2, 0) is 0 Å². The van der Waals surface area contributed by atoms with Gasteiger partial charge in [0.05, 0.1) is 6.04 Å². The molecule has 0 aromatic carbocycles. The Hall–Kier alpha value is -0.100. The maximum Gasteiger partial charge on any atom is 0.454 e. The molecule has 0 saturated heterocycles. The van der Waals surface area contributed by atoms with E-state index in [1.165, 1.54) is 0 Å². The van der Waals surface area contributed by atoms with Crippen LogP contribution in [0, 0.1) is 5.92 Å². The lowest BCUT2D eigenvalue weighted by atomic mass is 10.1. The number of hydrogen-bond donors (Lipinski definition) is 1. The minimum absolute atomic E-state index is 0. The van der Waals surface area contributed by atoms with E-state index in [4.69, 9.17) is 5.73 Å². The Morgan fingerprint density at radius 2 is 1.46 bits per heavy atom. The molecule has 0 bridgehead atoms. The highest BCUT2D eigenvalue weighted by molar-refractivity contribution is 5.85. The predicted molar refractivity (Wildman–Crippen MR) is 38.9 cm³/mol. The molecule has 1 nitrogen and oxygen atoms in total. The van der Waals surface area contributed by atoms with Crippen molar-refractivity contribution in [1.29, 1.82) is 0 Å². The lowest BCUT2D eigenvalue weighted by molar-refractivity contribution is -0.291. The van der Waals surface area contributed by atoms with Crippen LogP contribution in [0.4, 0.5) is 22.0 Å². The van der Waals surface area contributed by atoms with Crippen molar-refractivity contribution in [3.05, 3.63) is 0 Å². The summed E-state index contributed by atoms with van der Waals surface area (Å²) in [6, 6.07) is -2.07. The van der Waals surface area contributed by atoms with Gasteiger partial charge in [0.1, 0.15) is 0 Å². The highest BCUT2D eigenvalue weighted by Crippen LogP contribution is 2.45. The largest absolute Gasteiger partial charge is 0.454 e. The van der Waals surface area contributed by atoms with E-state index in [1.807, 2.05) is 0 Å². The second-order valence-electron chi connectivity index (χ2n) is 2.98. The molecule has 13 heavy (non-hydrogen) atoms. The lowest BCUT2D eigenvalue weighted by Crippen LogP contribution is -2.52. The molecule has 0 radical (unpaired) electrons. The van der Waals surface area contributed by atoms with Crippen LogP contribution >= 0.6 is 12.4 Å². The first-order valence-electron chi connectivity index (χ1n) is 3.47. The molecule has 1 aliphatic carbocycles. The zero-order valence-corrected chi connectivity index (χ0v) is 7.26. The Labute approximate surface area is 77.9 Å². The maximum absolute atomic E-state index is 12.4. The summed E-state index contributed by atoms with van der Waals surface area (Å²) in [5.41, 5.74) is 4.77. The van der Waals surface area contributed by atoms with Crippen LogP contribution in [0.2, 0.25) is 0 Å². The molecule has 0 heterocycles. The minimum Gasteiger partial charge on any atom is -0.322 e. The van der Waals surface area contributed by atoms with E-state index < -0.39 is 24.1 Å². The van der Waals surface area contributed by atoms with E-state index in [-0.39, 0.29) is 12.4 Å². The number of halogens is 6. The summed E-state index contributed by atoms with van der Waals surface area (Å²) in [4.78, 5) is 0. The SMILES string of the molecule is Cl.N[C@@H](C1CC1)C(F)(F)C(F)(F)F. The van der Waals surface area contributed by atoms with Crippen LogP contribution in [0.15, 0.2) is 0 Å². The second-order valence-corrected chi connectivity index (χ2v) is 2.98. The molecule has 0 spiro atoms. The van der Waals surface area contributed by atoms with Gasteiger partial charge in [-0.25, -0.2) is 0 Å². The Morgan fingerprint density at radius 3 is 1.69 bits per heavy atom. The highest BCUT2D eigenvalue weighted by atomic mass is 35.5. The molecule has 0 aromatic heterocycles. The van der Waals surface area contributed by atoms with Crippen LogP contribution in [0.3, 0.4) is 0 Å². The first-order valence-corrected chi connectivity index (χ1v) is 3.47. The molecule has 1 atom stereocenters. The number of alkyl halides is 5. The maximum atomic E-state index is 12.4. The summed E-state index contributed by atoms with van der Waals surface area (Å²) in [6.45, 7) is 0. The standard InChI is InChI=1S/C6H8F5N.ClH/c7-5(8,6(9,10)11)4(12)3-1-2-3;/h3-4H,1-2,12H2;1H/t4-;/m0./s1. The van der Waals surface area contributed by atoms with Gasteiger partial charge >= 0.3 is 12.1 Å². The van der Waals surface area contributed by atoms with Crippen molar-refractivity contribution >= 4 is 12.4 Å². The average Bonchev–Trinajstić information content (AvgIpc) is 2.64. The highest BCUT2D eigenvalue weighted by Gasteiger charge is 2.63. The van der Waals surface area contributed by atoms with Crippen molar-refractivity contribution in [2.24, 2.45) is 11.7 Å². The van der Waals surface area contributed by atoms with Crippen molar-refractivity contribution in [1.82, 2.24) is 0 Å². The average molecular weight is 226 g/mol. The van der Waals surface area contributed by atoms with Crippen molar-refractivity contribution in [3.8, 4) is 0 Å². The molecule has 7 heteroatoms. The van der Waals surface area contributed by atoms with Gasteiger partial charge in [-0.2, -0.15) is 22.0 Å². The van der Waals surface area contributed by atoms with Gasteiger partial charge in [-0.3, -0.25) is 0 Å². The molecule has 1 rings (SSSR count). The summed E-state index contributed by atoms with van der Waals surface area (Å²) in [7, 11) is 0. The molecule has 0 aliphatic heterocycles. The Bertz CT molecular complexity index is 176. The smallest absolute Gasteiger partial charge is 0.322 e. The monoisotopic (exact) mass is 225 g/mol. The second kappa shape index (κ2) is 3.57. The summed E-state index contributed by atoms with van der Waals surface area (Å²) >= 11 is 0. The van der Waals surface area contributed by atoms with Crippen LogP contribution in [0.25, 0.3) is 0 Å². The van der Waals surface area contributed by atoms with E-state index in [9.17, 15) is 22.0 Å². The third kappa shape index (κ3) is 2.43. The summed E-state index contributed by atoms with van der Waals surface area (Å²) in [6.07, 6.45) is -4.78. The minimum atomic E-state index is -5.52. The van der Waals surface area contributed by atoms with E-state index in [0.717, 1.165) is 0 Å². The van der Waals surface area contributed by atoms with Gasteiger partial charge in [-0.1, -0.05) is 0 Å². The quantitative estimate of drug-likeness (QED) is 0.718. The van der Waals surface area contributed by atoms with E-state index in [0.29, 0.717) is 12.8 Å². The molecule has 2 N–H and O–H groups in total. The van der Waals surface area contributed by atoms with Crippen LogP contribution in [0.1, 0.15) is 12.8 Å².